The molecular weight excluding hydrogens is 366 g/mol. The van der Waals surface area contributed by atoms with Gasteiger partial charge >= 0.3 is 0 Å². The van der Waals surface area contributed by atoms with Gasteiger partial charge in [0.2, 0.25) is 10.0 Å². The van der Waals surface area contributed by atoms with E-state index in [9.17, 15) is 23.6 Å². The summed E-state index contributed by atoms with van der Waals surface area (Å²) in [5.74, 6) is 0. The zero-order valence-corrected chi connectivity index (χ0v) is 14.5. The molecule has 0 saturated heterocycles. The van der Waals surface area contributed by atoms with Gasteiger partial charge in [-0.3, -0.25) is 10.1 Å². The van der Waals surface area contributed by atoms with Crippen molar-refractivity contribution < 1.29 is 28.3 Å². The average molecular weight is 385 g/mol. The molecule has 1 atom stereocenters. The Morgan fingerprint density at radius 3 is 2.69 bits per heavy atom. The van der Waals surface area contributed by atoms with E-state index >= 15 is 0 Å². The molecule has 1 aromatic carbocycles. The molecule has 11 heteroatoms. The van der Waals surface area contributed by atoms with Crippen molar-refractivity contribution in [1.82, 2.24) is 10.0 Å². The summed E-state index contributed by atoms with van der Waals surface area (Å²) in [6.45, 7) is -1.03. The van der Waals surface area contributed by atoms with Gasteiger partial charge in [0.05, 0.1) is 24.7 Å². The standard InChI is InChI=1S/C15H19N3O7S/c19-10-12-4-3-7-15(11-20,17-12)25-9-8-16-26(23,24)14-6-2-1-5-13(14)18(21)22/h1-7,16-17,19-20H,8-11H2. The Bertz CT molecular complexity index is 822. The highest BCUT2D eigenvalue weighted by Gasteiger charge is 2.30. The number of nitrogens with zero attached hydrogens (tertiary/aromatic N) is 1. The average Bonchev–Trinajstić information content (AvgIpc) is 2.65. The number of aliphatic hydroxyl groups excluding tert-OH is 2. The van der Waals surface area contributed by atoms with Crippen LogP contribution in [0.5, 0.6) is 0 Å². The van der Waals surface area contributed by atoms with Crippen molar-refractivity contribution in [3.8, 4) is 0 Å². The Labute approximate surface area is 150 Å². The molecule has 0 aliphatic carbocycles. The Kier molecular flexibility index (Phi) is 6.45. The third kappa shape index (κ3) is 4.65. The lowest BCUT2D eigenvalue weighted by Gasteiger charge is -2.33. The zero-order valence-electron chi connectivity index (χ0n) is 13.7. The number of aliphatic hydroxyl groups is 2. The first kappa shape index (κ1) is 20.0. The van der Waals surface area contributed by atoms with Crippen molar-refractivity contribution in [2.24, 2.45) is 0 Å². The van der Waals surface area contributed by atoms with Crippen LogP contribution in [0.2, 0.25) is 0 Å². The van der Waals surface area contributed by atoms with E-state index in [0.717, 1.165) is 12.1 Å². The fourth-order valence-corrected chi connectivity index (χ4v) is 3.49. The van der Waals surface area contributed by atoms with Crippen molar-refractivity contribution in [2.45, 2.75) is 10.6 Å². The van der Waals surface area contributed by atoms with Gasteiger partial charge in [-0.05, 0) is 18.2 Å². The summed E-state index contributed by atoms with van der Waals surface area (Å²) in [6.07, 6.45) is 4.73. The van der Waals surface area contributed by atoms with Gasteiger partial charge in [-0.15, -0.1) is 0 Å². The summed E-state index contributed by atoms with van der Waals surface area (Å²) < 4.78 is 32.3. The number of nitro groups is 1. The highest BCUT2D eigenvalue weighted by molar-refractivity contribution is 7.89. The summed E-state index contributed by atoms with van der Waals surface area (Å²) >= 11 is 0. The molecule has 10 nitrogen and oxygen atoms in total. The maximum atomic E-state index is 12.3. The molecule has 1 heterocycles. The second-order valence-corrected chi connectivity index (χ2v) is 7.09. The molecule has 4 N–H and O–H groups in total. The lowest BCUT2D eigenvalue weighted by Crippen LogP contribution is -2.51. The van der Waals surface area contributed by atoms with Gasteiger partial charge in [0, 0.05) is 18.3 Å². The first-order valence-electron chi connectivity index (χ1n) is 7.59. The number of ether oxygens (including phenoxy) is 1. The van der Waals surface area contributed by atoms with Gasteiger partial charge in [-0.25, -0.2) is 13.1 Å². The van der Waals surface area contributed by atoms with E-state index < -0.39 is 37.9 Å². The molecule has 0 spiro atoms. The first-order chi connectivity index (χ1) is 12.3. The van der Waals surface area contributed by atoms with Crippen molar-refractivity contribution in [2.75, 3.05) is 26.4 Å². The Morgan fingerprint density at radius 1 is 1.31 bits per heavy atom. The maximum absolute atomic E-state index is 12.3. The number of hydrogen-bond acceptors (Lipinski definition) is 8. The number of benzene rings is 1. The highest BCUT2D eigenvalue weighted by atomic mass is 32.2. The lowest BCUT2D eigenvalue weighted by molar-refractivity contribution is -0.387. The molecule has 0 aromatic heterocycles. The Hall–Kier alpha value is -2.31. The summed E-state index contributed by atoms with van der Waals surface area (Å²) in [4.78, 5) is 9.75. The van der Waals surface area contributed by atoms with Crippen molar-refractivity contribution in [3.63, 3.8) is 0 Å². The van der Waals surface area contributed by atoms with Crippen LogP contribution in [0.25, 0.3) is 0 Å². The molecule has 26 heavy (non-hydrogen) atoms. The minimum absolute atomic E-state index is 0.129. The SMILES string of the molecule is O=[N+]([O-])c1ccccc1S(=O)(=O)NCCOC1(CO)C=CC=C(CO)N1. The van der Waals surface area contributed by atoms with Crippen molar-refractivity contribution in [1.29, 1.82) is 0 Å². The number of dihydropyridines is 1. The number of para-hydroxylation sites is 1. The molecule has 1 unspecified atom stereocenters. The van der Waals surface area contributed by atoms with Crippen molar-refractivity contribution >= 4 is 15.7 Å². The second kappa shape index (κ2) is 8.38. The number of nitro benzene ring substituents is 1. The molecular formula is C15H19N3O7S. The number of hydrogen-bond donors (Lipinski definition) is 4. The molecule has 142 valence electrons. The van der Waals surface area contributed by atoms with E-state index in [1.54, 1.807) is 12.2 Å². The van der Waals surface area contributed by atoms with Crippen LogP contribution in [0, 0.1) is 10.1 Å². The van der Waals surface area contributed by atoms with Gasteiger partial charge in [-0.1, -0.05) is 18.2 Å². The van der Waals surface area contributed by atoms with E-state index in [1.807, 2.05) is 0 Å². The molecule has 0 radical (unpaired) electrons. The smallest absolute Gasteiger partial charge is 0.289 e. The third-order valence-corrected chi connectivity index (χ3v) is 5.05. The minimum atomic E-state index is -4.10. The van der Waals surface area contributed by atoms with Crippen LogP contribution in [-0.4, -0.2) is 55.6 Å². The predicted molar refractivity (Wildman–Crippen MR) is 91.5 cm³/mol. The van der Waals surface area contributed by atoms with Crippen LogP contribution in [0.3, 0.4) is 0 Å². The molecule has 0 amide bonds. The summed E-state index contributed by atoms with van der Waals surface area (Å²) in [6, 6.07) is 5.00. The van der Waals surface area contributed by atoms with E-state index in [1.165, 1.54) is 18.2 Å². The molecule has 0 saturated carbocycles. The van der Waals surface area contributed by atoms with Crippen LogP contribution in [-0.2, 0) is 14.8 Å². The number of allylic oxidation sites excluding steroid dienone is 2. The van der Waals surface area contributed by atoms with Crippen LogP contribution in [0.4, 0.5) is 5.69 Å². The second-order valence-electron chi connectivity index (χ2n) is 5.35. The van der Waals surface area contributed by atoms with Gasteiger partial charge < -0.3 is 20.3 Å². The quantitative estimate of drug-likeness (QED) is 0.255. The van der Waals surface area contributed by atoms with E-state index in [2.05, 4.69) is 10.0 Å². The topological polar surface area (TPSA) is 151 Å². The predicted octanol–water partition coefficient (Wildman–Crippen LogP) is -0.386. The van der Waals surface area contributed by atoms with Crippen molar-refractivity contribution in [3.05, 3.63) is 58.3 Å². The Morgan fingerprint density at radius 2 is 2.04 bits per heavy atom. The zero-order chi connectivity index (χ0) is 19.2. The third-order valence-electron chi connectivity index (χ3n) is 3.55. The fourth-order valence-electron chi connectivity index (χ4n) is 2.31. The molecule has 1 aromatic rings. The lowest BCUT2D eigenvalue weighted by atomic mass is 10.1. The van der Waals surface area contributed by atoms with Gasteiger partial charge in [0.25, 0.3) is 5.69 Å². The van der Waals surface area contributed by atoms with Crippen LogP contribution in [0.1, 0.15) is 0 Å². The Balaban J connectivity index is 1.98. The summed E-state index contributed by atoms with van der Waals surface area (Å²) in [5, 5.41) is 32.4. The largest absolute Gasteiger partial charge is 0.391 e. The highest BCUT2D eigenvalue weighted by Crippen LogP contribution is 2.22. The van der Waals surface area contributed by atoms with E-state index in [0.29, 0.717) is 5.70 Å². The van der Waals surface area contributed by atoms with Gasteiger partial charge in [0.1, 0.15) is 0 Å². The monoisotopic (exact) mass is 385 g/mol. The summed E-state index contributed by atoms with van der Waals surface area (Å²) in [7, 11) is -4.10. The first-order valence-corrected chi connectivity index (χ1v) is 9.07. The molecule has 1 aliphatic rings. The molecule has 0 bridgehead atoms. The fraction of sp³-hybridized carbons (Fsp3) is 0.333. The van der Waals surface area contributed by atoms with Crippen LogP contribution in [0.15, 0.2) is 53.1 Å². The minimum Gasteiger partial charge on any atom is -0.391 e. The van der Waals surface area contributed by atoms with Gasteiger partial charge in [0.15, 0.2) is 10.6 Å². The molecule has 2 rings (SSSR count). The summed E-state index contributed by atoms with van der Waals surface area (Å²) in [5.41, 5.74) is -1.37. The molecule has 0 fully saturated rings. The maximum Gasteiger partial charge on any atom is 0.289 e. The number of rotatable bonds is 9. The number of nitrogens with one attached hydrogen (secondary N) is 2. The molecule has 1 aliphatic heterocycles. The van der Waals surface area contributed by atoms with E-state index in [4.69, 9.17) is 9.84 Å². The van der Waals surface area contributed by atoms with Gasteiger partial charge in [-0.2, -0.15) is 0 Å². The number of sulfonamides is 1. The van der Waals surface area contributed by atoms with Crippen LogP contribution < -0.4 is 10.0 Å². The normalized spacial score (nSPS) is 19.7. The van der Waals surface area contributed by atoms with Crippen LogP contribution >= 0.6 is 0 Å². The van der Waals surface area contributed by atoms with E-state index in [-0.39, 0.29) is 19.8 Å².